The molecular weight excluding hydrogens is 204 g/mol. The van der Waals surface area contributed by atoms with Gasteiger partial charge in [-0.2, -0.15) is 0 Å². The Labute approximate surface area is 95.8 Å². The average Bonchev–Trinajstić information content (AvgIpc) is 2.39. The van der Waals surface area contributed by atoms with Gasteiger partial charge in [0, 0.05) is 43.5 Å². The number of piperazine rings is 1. The summed E-state index contributed by atoms with van der Waals surface area (Å²) in [6.45, 7) is 4.09. The summed E-state index contributed by atoms with van der Waals surface area (Å²) in [5, 5.41) is 12.5. The number of benzene rings is 1. The maximum absolute atomic E-state index is 9.15. The third-order valence-electron chi connectivity index (χ3n) is 2.92. The minimum atomic E-state index is 0.0189. The van der Waals surface area contributed by atoms with Crippen molar-refractivity contribution in [3.63, 3.8) is 0 Å². The summed E-state index contributed by atoms with van der Waals surface area (Å²) in [6, 6.07) is 5.96. The monoisotopic (exact) mass is 222 g/mol. The number of rotatable bonds is 3. The summed E-state index contributed by atoms with van der Waals surface area (Å²) >= 11 is 0. The van der Waals surface area contributed by atoms with Gasteiger partial charge in [0.1, 0.15) is 5.75 Å². The van der Waals surface area contributed by atoms with Crippen molar-refractivity contribution in [1.29, 1.82) is 0 Å². The van der Waals surface area contributed by atoms with Crippen molar-refractivity contribution >= 4 is 5.69 Å². The highest BCUT2D eigenvalue weighted by molar-refractivity contribution is 5.54. The number of anilines is 1. The second kappa shape index (κ2) is 5.18. The summed E-state index contributed by atoms with van der Waals surface area (Å²) < 4.78 is 5.27. The number of methoxy groups -OCH3 is 1. The Morgan fingerprint density at radius 3 is 2.75 bits per heavy atom. The van der Waals surface area contributed by atoms with E-state index in [0.29, 0.717) is 0 Å². The first-order chi connectivity index (χ1) is 7.85. The fourth-order valence-electron chi connectivity index (χ4n) is 1.98. The second-order valence-electron chi connectivity index (χ2n) is 3.89. The second-order valence-corrected chi connectivity index (χ2v) is 3.89. The van der Waals surface area contributed by atoms with E-state index in [1.165, 1.54) is 0 Å². The van der Waals surface area contributed by atoms with Gasteiger partial charge in [0.25, 0.3) is 0 Å². The van der Waals surface area contributed by atoms with Crippen LogP contribution in [0.3, 0.4) is 0 Å². The van der Waals surface area contributed by atoms with E-state index in [-0.39, 0.29) is 6.61 Å². The van der Waals surface area contributed by atoms with Crippen LogP contribution in [0.15, 0.2) is 18.2 Å². The normalized spacial score (nSPS) is 16.2. The summed E-state index contributed by atoms with van der Waals surface area (Å²) in [4.78, 5) is 2.32. The zero-order chi connectivity index (χ0) is 11.4. The summed E-state index contributed by atoms with van der Waals surface area (Å²) in [5.74, 6) is 0.763. The number of hydrogen-bond donors (Lipinski definition) is 2. The zero-order valence-corrected chi connectivity index (χ0v) is 9.57. The van der Waals surface area contributed by atoms with Crippen molar-refractivity contribution < 1.29 is 9.84 Å². The molecule has 0 spiro atoms. The third kappa shape index (κ3) is 2.28. The van der Waals surface area contributed by atoms with Crippen molar-refractivity contribution in [1.82, 2.24) is 5.32 Å². The van der Waals surface area contributed by atoms with Crippen molar-refractivity contribution in [2.24, 2.45) is 0 Å². The molecule has 2 rings (SSSR count). The fourth-order valence-corrected chi connectivity index (χ4v) is 1.98. The number of aliphatic hydroxyl groups is 1. The van der Waals surface area contributed by atoms with Gasteiger partial charge in [-0.3, -0.25) is 0 Å². The van der Waals surface area contributed by atoms with Crippen LogP contribution in [0.5, 0.6) is 5.75 Å². The lowest BCUT2D eigenvalue weighted by Crippen LogP contribution is -2.43. The van der Waals surface area contributed by atoms with Crippen molar-refractivity contribution in [2.75, 3.05) is 38.2 Å². The van der Waals surface area contributed by atoms with E-state index in [1.807, 2.05) is 18.2 Å². The molecule has 0 radical (unpaired) electrons. The van der Waals surface area contributed by atoms with E-state index in [4.69, 9.17) is 9.84 Å². The first kappa shape index (κ1) is 11.2. The molecule has 2 N–H and O–H groups in total. The first-order valence-electron chi connectivity index (χ1n) is 5.58. The lowest BCUT2D eigenvalue weighted by molar-refractivity contribution is 0.274. The van der Waals surface area contributed by atoms with E-state index in [0.717, 1.165) is 43.2 Å². The van der Waals surface area contributed by atoms with Crippen LogP contribution in [0.25, 0.3) is 0 Å². The van der Waals surface area contributed by atoms with Gasteiger partial charge in [-0.1, -0.05) is 6.07 Å². The molecule has 0 atom stereocenters. The van der Waals surface area contributed by atoms with Gasteiger partial charge in [0.15, 0.2) is 0 Å². The van der Waals surface area contributed by atoms with Crippen LogP contribution < -0.4 is 15.0 Å². The summed E-state index contributed by atoms with van der Waals surface area (Å²) in [6.07, 6.45) is 0. The van der Waals surface area contributed by atoms with Crippen LogP contribution in [0.2, 0.25) is 0 Å². The quantitative estimate of drug-likeness (QED) is 0.786. The number of aliphatic hydroxyl groups excluding tert-OH is 1. The lowest BCUT2D eigenvalue weighted by Gasteiger charge is -2.29. The Kier molecular flexibility index (Phi) is 3.64. The first-order valence-corrected chi connectivity index (χ1v) is 5.58. The average molecular weight is 222 g/mol. The molecule has 0 aromatic heterocycles. The van der Waals surface area contributed by atoms with E-state index in [1.54, 1.807) is 7.11 Å². The largest absolute Gasteiger partial charge is 0.496 e. The van der Waals surface area contributed by atoms with Crippen LogP contribution in [0.4, 0.5) is 5.69 Å². The molecule has 1 aromatic carbocycles. The van der Waals surface area contributed by atoms with E-state index in [9.17, 15) is 0 Å². The van der Waals surface area contributed by atoms with E-state index < -0.39 is 0 Å². The molecule has 0 amide bonds. The van der Waals surface area contributed by atoms with Crippen molar-refractivity contribution in [2.45, 2.75) is 6.61 Å². The molecule has 1 aromatic rings. The highest BCUT2D eigenvalue weighted by Gasteiger charge is 2.12. The molecule has 1 aliphatic rings. The Morgan fingerprint density at radius 2 is 2.12 bits per heavy atom. The maximum Gasteiger partial charge on any atom is 0.126 e. The molecule has 1 fully saturated rings. The van der Waals surface area contributed by atoms with Gasteiger partial charge in [0.2, 0.25) is 0 Å². The van der Waals surface area contributed by atoms with Crippen LogP contribution in [-0.4, -0.2) is 38.4 Å². The predicted molar refractivity (Wildman–Crippen MR) is 64.0 cm³/mol. The van der Waals surface area contributed by atoms with Gasteiger partial charge in [0.05, 0.1) is 13.7 Å². The highest BCUT2D eigenvalue weighted by Crippen LogP contribution is 2.25. The van der Waals surface area contributed by atoms with Crippen molar-refractivity contribution in [3.05, 3.63) is 23.8 Å². The predicted octanol–water partition coefficient (Wildman–Crippen LogP) is 0.597. The molecule has 16 heavy (non-hydrogen) atoms. The molecule has 1 heterocycles. The van der Waals surface area contributed by atoms with Gasteiger partial charge in [-0.25, -0.2) is 0 Å². The Balaban J connectivity index is 2.20. The van der Waals surface area contributed by atoms with Crippen LogP contribution >= 0.6 is 0 Å². The molecule has 1 aliphatic heterocycles. The Morgan fingerprint density at radius 1 is 1.38 bits per heavy atom. The molecule has 4 nitrogen and oxygen atoms in total. The molecule has 88 valence electrons. The number of hydrogen-bond acceptors (Lipinski definition) is 4. The fraction of sp³-hybridized carbons (Fsp3) is 0.500. The highest BCUT2D eigenvalue weighted by atomic mass is 16.5. The van der Waals surface area contributed by atoms with Gasteiger partial charge in [-0.15, -0.1) is 0 Å². The molecule has 0 saturated carbocycles. The summed E-state index contributed by atoms with van der Waals surface area (Å²) in [7, 11) is 1.63. The minimum absolute atomic E-state index is 0.0189. The maximum atomic E-state index is 9.15. The molecule has 0 unspecified atom stereocenters. The Hall–Kier alpha value is -1.26. The minimum Gasteiger partial charge on any atom is -0.496 e. The number of ether oxygens (including phenoxy) is 1. The van der Waals surface area contributed by atoms with Gasteiger partial charge < -0.3 is 20.1 Å². The molecule has 0 aliphatic carbocycles. The zero-order valence-electron chi connectivity index (χ0n) is 9.57. The van der Waals surface area contributed by atoms with Gasteiger partial charge in [-0.05, 0) is 6.07 Å². The third-order valence-corrected chi connectivity index (χ3v) is 2.92. The van der Waals surface area contributed by atoms with Crippen LogP contribution in [0.1, 0.15) is 5.56 Å². The Bertz CT molecular complexity index is 349. The molecule has 4 heteroatoms. The summed E-state index contributed by atoms with van der Waals surface area (Å²) in [5.41, 5.74) is 2.00. The van der Waals surface area contributed by atoms with Gasteiger partial charge >= 0.3 is 0 Å². The SMILES string of the molecule is COc1cc(N2CCNCC2)ccc1CO. The van der Waals surface area contributed by atoms with Crippen LogP contribution in [-0.2, 0) is 6.61 Å². The van der Waals surface area contributed by atoms with Crippen molar-refractivity contribution in [3.8, 4) is 5.75 Å². The van der Waals surface area contributed by atoms with Crippen LogP contribution in [0, 0.1) is 0 Å². The smallest absolute Gasteiger partial charge is 0.126 e. The number of nitrogens with zero attached hydrogens (tertiary/aromatic N) is 1. The topological polar surface area (TPSA) is 44.7 Å². The van der Waals surface area contributed by atoms with E-state index >= 15 is 0 Å². The molecule has 0 bridgehead atoms. The van der Waals surface area contributed by atoms with E-state index in [2.05, 4.69) is 10.2 Å². The lowest BCUT2D eigenvalue weighted by atomic mass is 10.1. The molecule has 1 saturated heterocycles. The standard InChI is InChI=1S/C12H18N2O2/c1-16-12-8-11(3-2-10(12)9-15)14-6-4-13-5-7-14/h2-3,8,13,15H,4-7,9H2,1H3. The molecular formula is C12H18N2O2. The number of nitrogens with one attached hydrogen (secondary N) is 1.